The van der Waals surface area contributed by atoms with Crippen molar-refractivity contribution in [3.05, 3.63) is 48.6 Å². The molecule has 4 aromatic heterocycles. The first-order valence-electron chi connectivity index (χ1n) is 12.8. The third kappa shape index (κ3) is 5.06. The van der Waals surface area contributed by atoms with Gasteiger partial charge in [-0.2, -0.15) is 23.3 Å². The summed E-state index contributed by atoms with van der Waals surface area (Å²) < 4.78 is 63.9. The van der Waals surface area contributed by atoms with Crippen molar-refractivity contribution in [2.75, 3.05) is 30.8 Å². The molecule has 1 aliphatic rings. The lowest BCUT2D eigenvalue weighted by atomic mass is 10.0. The van der Waals surface area contributed by atoms with Crippen molar-refractivity contribution < 1.29 is 22.1 Å². The minimum atomic E-state index is -4.50. The van der Waals surface area contributed by atoms with Gasteiger partial charge in [0.25, 0.3) is 0 Å². The van der Waals surface area contributed by atoms with E-state index in [1.807, 2.05) is 25.1 Å². The highest BCUT2D eigenvalue weighted by molar-refractivity contribution is 5.96. The van der Waals surface area contributed by atoms with Crippen molar-refractivity contribution in [3.63, 3.8) is 0 Å². The van der Waals surface area contributed by atoms with E-state index in [1.54, 1.807) is 41.3 Å². The number of aryl methyl sites for hydroxylation is 1. The van der Waals surface area contributed by atoms with E-state index in [0.717, 1.165) is 22.0 Å². The van der Waals surface area contributed by atoms with Crippen LogP contribution in [0.4, 0.5) is 29.1 Å². The fraction of sp³-hybridized carbons (Fsp3) is 0.385. The van der Waals surface area contributed by atoms with Gasteiger partial charge in [-0.05, 0) is 37.7 Å². The SMILES string of the molecule is CN1CC[C@@H](Nc2cccc3c2cc(-c2noc(CNc4nccc5c4cnn5C)n2)n3CC(F)(F)F)[C@@H](F)C1. The van der Waals surface area contributed by atoms with E-state index in [1.165, 1.54) is 0 Å². The van der Waals surface area contributed by atoms with Crippen LogP contribution in [0.5, 0.6) is 0 Å². The molecule has 2 atom stereocenters. The number of pyridine rings is 1. The molecule has 2 N–H and O–H groups in total. The van der Waals surface area contributed by atoms with E-state index in [4.69, 9.17) is 4.52 Å². The van der Waals surface area contributed by atoms with Crippen molar-refractivity contribution in [1.29, 1.82) is 0 Å². The molecule has 0 amide bonds. The fourth-order valence-corrected chi connectivity index (χ4v) is 5.17. The summed E-state index contributed by atoms with van der Waals surface area (Å²) in [5.74, 6) is 0.747. The molecule has 0 radical (unpaired) electrons. The van der Waals surface area contributed by atoms with E-state index in [2.05, 4.69) is 30.9 Å². The average molecular weight is 558 g/mol. The summed E-state index contributed by atoms with van der Waals surface area (Å²) in [5, 5.41) is 15.9. The van der Waals surface area contributed by atoms with Crippen LogP contribution >= 0.6 is 0 Å². The minimum Gasteiger partial charge on any atom is -0.379 e. The third-order valence-corrected chi connectivity index (χ3v) is 7.15. The number of likely N-dealkylation sites (tertiary alicyclic amines) is 1. The number of fused-ring (bicyclic) bond motifs is 2. The van der Waals surface area contributed by atoms with Crippen LogP contribution in [0.2, 0.25) is 0 Å². The number of piperidine rings is 1. The van der Waals surface area contributed by atoms with Crippen LogP contribution in [0.3, 0.4) is 0 Å². The molecule has 5 aromatic rings. The first-order valence-corrected chi connectivity index (χ1v) is 12.8. The van der Waals surface area contributed by atoms with Crippen molar-refractivity contribution in [3.8, 4) is 11.5 Å². The Bertz CT molecular complexity index is 1660. The van der Waals surface area contributed by atoms with Crippen LogP contribution in [0.15, 0.2) is 47.2 Å². The second-order valence-electron chi connectivity index (χ2n) is 10.0. The van der Waals surface area contributed by atoms with Gasteiger partial charge in [-0.15, -0.1) is 0 Å². The summed E-state index contributed by atoms with van der Waals surface area (Å²) >= 11 is 0. The molecule has 40 heavy (non-hydrogen) atoms. The van der Waals surface area contributed by atoms with Crippen molar-refractivity contribution >= 4 is 33.3 Å². The Morgan fingerprint density at radius 3 is 2.77 bits per heavy atom. The summed E-state index contributed by atoms with van der Waals surface area (Å²) in [6.07, 6.45) is -1.70. The van der Waals surface area contributed by atoms with Crippen LogP contribution in [-0.2, 0) is 20.1 Å². The molecule has 5 heterocycles. The summed E-state index contributed by atoms with van der Waals surface area (Å²) in [7, 11) is 3.68. The molecule has 0 bridgehead atoms. The van der Waals surface area contributed by atoms with E-state index in [9.17, 15) is 17.6 Å². The molecule has 0 spiro atoms. The summed E-state index contributed by atoms with van der Waals surface area (Å²) in [4.78, 5) is 10.6. The van der Waals surface area contributed by atoms with Gasteiger partial charge in [-0.25, -0.2) is 9.37 Å². The van der Waals surface area contributed by atoms with E-state index in [-0.39, 0.29) is 24.0 Å². The van der Waals surface area contributed by atoms with Crippen molar-refractivity contribution in [1.82, 2.24) is 34.4 Å². The smallest absolute Gasteiger partial charge is 0.379 e. The lowest BCUT2D eigenvalue weighted by molar-refractivity contribution is -0.139. The Morgan fingerprint density at radius 1 is 1.12 bits per heavy atom. The van der Waals surface area contributed by atoms with E-state index < -0.39 is 24.9 Å². The Hall–Kier alpha value is -4.20. The second kappa shape index (κ2) is 10.1. The number of anilines is 2. The molecule has 210 valence electrons. The first kappa shape index (κ1) is 26.0. The highest BCUT2D eigenvalue weighted by Crippen LogP contribution is 2.35. The monoisotopic (exact) mass is 557 g/mol. The van der Waals surface area contributed by atoms with E-state index in [0.29, 0.717) is 35.4 Å². The molecule has 0 saturated carbocycles. The average Bonchev–Trinajstić information content (AvgIpc) is 3.62. The zero-order valence-electron chi connectivity index (χ0n) is 21.8. The lowest BCUT2D eigenvalue weighted by Crippen LogP contribution is -2.46. The van der Waals surface area contributed by atoms with Crippen molar-refractivity contribution in [2.24, 2.45) is 7.05 Å². The number of aromatic nitrogens is 6. The van der Waals surface area contributed by atoms with Gasteiger partial charge >= 0.3 is 6.18 Å². The number of nitrogens with zero attached hydrogens (tertiary/aromatic N) is 7. The summed E-state index contributed by atoms with van der Waals surface area (Å²) in [6, 6.07) is 7.97. The van der Waals surface area contributed by atoms with Gasteiger partial charge in [0.15, 0.2) is 0 Å². The standard InChI is InChI=1S/C26H27F4N9O/c1-37-9-7-19(17(27)13-37)34-18-4-3-5-21-15(18)10-22(39(21)14-26(28,29)30)25-35-23(40-36-25)12-32-24-16-11-33-38(2)20(16)6-8-31-24/h3-6,8,10-11,17,19,34H,7,9,12-14H2,1-2H3,(H,31,32)/t17-,19+/m0/s1. The maximum atomic E-state index is 14.7. The number of alkyl halides is 4. The quantitative estimate of drug-likeness (QED) is 0.280. The largest absolute Gasteiger partial charge is 0.406 e. The Labute approximate surface area is 226 Å². The topological polar surface area (TPSA) is 102 Å². The van der Waals surface area contributed by atoms with Gasteiger partial charge in [-0.1, -0.05) is 11.2 Å². The van der Waals surface area contributed by atoms with Crippen LogP contribution in [0.25, 0.3) is 33.3 Å². The van der Waals surface area contributed by atoms with Crippen LogP contribution in [0.1, 0.15) is 12.3 Å². The predicted molar refractivity (Wildman–Crippen MR) is 142 cm³/mol. The Morgan fingerprint density at radius 2 is 1.98 bits per heavy atom. The third-order valence-electron chi connectivity index (χ3n) is 7.15. The maximum absolute atomic E-state index is 14.7. The highest BCUT2D eigenvalue weighted by atomic mass is 19.4. The molecule has 1 aliphatic heterocycles. The molecule has 6 rings (SSSR count). The van der Waals surface area contributed by atoms with Gasteiger partial charge in [0, 0.05) is 37.4 Å². The van der Waals surface area contributed by atoms with Gasteiger partial charge in [0.05, 0.1) is 40.9 Å². The molecular formula is C26H27F4N9O. The molecule has 1 aromatic carbocycles. The summed E-state index contributed by atoms with van der Waals surface area (Å²) in [5.41, 5.74) is 1.91. The number of hydrogen-bond acceptors (Lipinski definition) is 8. The van der Waals surface area contributed by atoms with Gasteiger partial charge in [0.1, 0.15) is 18.5 Å². The Kier molecular flexibility index (Phi) is 6.56. The zero-order chi connectivity index (χ0) is 28.0. The lowest BCUT2D eigenvalue weighted by Gasteiger charge is -2.33. The van der Waals surface area contributed by atoms with Gasteiger partial charge in [-0.3, -0.25) is 4.68 Å². The second-order valence-corrected chi connectivity index (χ2v) is 10.0. The van der Waals surface area contributed by atoms with Crippen LogP contribution in [0, 0.1) is 0 Å². The fourth-order valence-electron chi connectivity index (χ4n) is 5.17. The molecule has 14 heteroatoms. The maximum Gasteiger partial charge on any atom is 0.406 e. The molecule has 10 nitrogen and oxygen atoms in total. The molecular weight excluding hydrogens is 530 g/mol. The molecule has 0 aliphatic carbocycles. The number of halogens is 4. The summed E-state index contributed by atoms with van der Waals surface area (Å²) in [6.45, 7) is -0.129. The molecule has 0 unspecified atom stereocenters. The van der Waals surface area contributed by atoms with Crippen LogP contribution in [-0.4, -0.2) is 72.9 Å². The number of benzene rings is 1. The van der Waals surface area contributed by atoms with Crippen LogP contribution < -0.4 is 10.6 Å². The zero-order valence-corrected chi connectivity index (χ0v) is 21.8. The van der Waals surface area contributed by atoms with Gasteiger partial charge in [0.2, 0.25) is 11.7 Å². The van der Waals surface area contributed by atoms with Gasteiger partial charge < -0.3 is 24.6 Å². The molecule has 1 saturated heterocycles. The molecule has 1 fully saturated rings. The number of nitrogens with one attached hydrogen (secondary N) is 2. The predicted octanol–water partition coefficient (Wildman–Crippen LogP) is 4.60. The highest BCUT2D eigenvalue weighted by Gasteiger charge is 2.32. The van der Waals surface area contributed by atoms with E-state index >= 15 is 0 Å². The minimum absolute atomic E-state index is 0.0124. The number of rotatable bonds is 7. The first-order chi connectivity index (χ1) is 19.2. The number of hydrogen-bond donors (Lipinski definition) is 2. The van der Waals surface area contributed by atoms with Crippen molar-refractivity contribution in [2.45, 2.75) is 37.9 Å². The Balaban J connectivity index is 1.31. The normalized spacial score (nSPS) is 18.6.